The van der Waals surface area contributed by atoms with E-state index in [-0.39, 0.29) is 39.4 Å². The lowest BCUT2D eigenvalue weighted by Crippen LogP contribution is -2.68. The smallest absolute Gasteiger partial charge is 0.335 e. The lowest BCUT2D eigenvalue weighted by molar-refractivity contribution is -0.382. The molecule has 5 aliphatic carbocycles. The first kappa shape index (κ1) is 59.1. The molecule has 0 aromatic carbocycles. The summed E-state index contributed by atoms with van der Waals surface area (Å²) in [7, 11) is 0. The van der Waals surface area contributed by atoms with Crippen molar-refractivity contribution < 1.29 is 113 Å². The van der Waals surface area contributed by atoms with Crippen LogP contribution in [0.4, 0.5) is 0 Å². The lowest BCUT2D eigenvalue weighted by Gasteiger charge is -2.71. The van der Waals surface area contributed by atoms with Crippen LogP contribution in [0.3, 0.4) is 0 Å². The summed E-state index contributed by atoms with van der Waals surface area (Å²) in [5, 5.41) is 116. The van der Waals surface area contributed by atoms with Gasteiger partial charge in [0.25, 0.3) is 0 Å². The van der Waals surface area contributed by atoms with Crippen molar-refractivity contribution in [2.24, 2.45) is 50.2 Å². The summed E-state index contributed by atoms with van der Waals surface area (Å²) in [5.74, 6) is -3.09. The van der Waals surface area contributed by atoms with Crippen molar-refractivity contribution in [2.45, 2.75) is 236 Å². The Morgan fingerprint density at radius 3 is 1.82 bits per heavy atom. The number of aliphatic carboxylic acids is 1. The van der Waals surface area contributed by atoms with Crippen molar-refractivity contribution >= 4 is 17.9 Å². The zero-order valence-corrected chi connectivity index (χ0v) is 45.3. The largest absolute Gasteiger partial charge is 0.479 e. The summed E-state index contributed by atoms with van der Waals surface area (Å²) < 4.78 is 54.1. The summed E-state index contributed by atoms with van der Waals surface area (Å²) in [5.41, 5.74) is -1.39. The van der Waals surface area contributed by atoms with Crippen molar-refractivity contribution in [3.8, 4) is 0 Å². The highest BCUT2D eigenvalue weighted by Gasteiger charge is 2.70. The maximum Gasteiger partial charge on any atom is 0.335 e. The average molecular weight is 1100 g/mol. The number of esters is 2. The number of allylic oxidation sites excluding steroid dienone is 2. The molecule has 26 atom stereocenters. The number of carboxylic acids is 1. The summed E-state index contributed by atoms with van der Waals surface area (Å²) in [6.45, 7) is 15.1. The lowest BCUT2D eigenvalue weighted by atomic mass is 9.33. The molecule has 4 heterocycles. The first-order valence-electron chi connectivity index (χ1n) is 27.5. The first-order valence-corrected chi connectivity index (χ1v) is 27.5. The molecule has 438 valence electrons. The van der Waals surface area contributed by atoms with Gasteiger partial charge in [0.15, 0.2) is 37.2 Å². The van der Waals surface area contributed by atoms with Gasteiger partial charge < -0.3 is 98.8 Å². The van der Waals surface area contributed by atoms with Gasteiger partial charge in [0.05, 0.1) is 31.3 Å². The summed E-state index contributed by atoms with van der Waals surface area (Å²) in [4.78, 5) is 41.0. The van der Waals surface area contributed by atoms with Gasteiger partial charge in [-0.15, -0.1) is 0 Å². The molecule has 9 aliphatic rings. The molecule has 77 heavy (non-hydrogen) atoms. The van der Waals surface area contributed by atoms with Crippen LogP contribution in [0.25, 0.3) is 0 Å². The molecule has 0 bridgehead atoms. The fraction of sp³-hybridized carbons (Fsp3) is 0.907. The normalized spacial score (nSPS) is 51.3. The third-order valence-electron chi connectivity index (χ3n) is 20.9. The van der Waals surface area contributed by atoms with Crippen LogP contribution in [0.15, 0.2) is 11.6 Å². The summed E-state index contributed by atoms with van der Waals surface area (Å²) >= 11 is 0. The second-order valence-electron chi connectivity index (χ2n) is 26.0. The van der Waals surface area contributed by atoms with E-state index in [9.17, 15) is 70.6 Å². The van der Waals surface area contributed by atoms with Gasteiger partial charge in [-0.05, 0) is 109 Å². The molecule has 4 aliphatic heterocycles. The van der Waals surface area contributed by atoms with E-state index < -0.39 is 165 Å². The number of fused-ring (bicyclic) bond motifs is 7. The molecule has 4 saturated carbocycles. The van der Waals surface area contributed by atoms with Crippen LogP contribution < -0.4 is 0 Å². The molecular weight excluding hydrogens is 1020 g/mol. The number of aliphatic hydroxyl groups excluding tert-OH is 10. The van der Waals surface area contributed by atoms with Crippen LogP contribution in [0.1, 0.15) is 120 Å². The highest BCUT2D eigenvalue weighted by Crippen LogP contribution is 2.76. The molecule has 26 unspecified atom stereocenters. The Balaban J connectivity index is 1.000. The molecule has 9 rings (SSSR count). The fourth-order valence-electron chi connectivity index (χ4n) is 16.2. The molecule has 4 saturated heterocycles. The molecule has 11 N–H and O–H groups in total. The average Bonchev–Trinajstić information content (AvgIpc) is 3.55. The third-order valence-corrected chi connectivity index (χ3v) is 20.9. The van der Waals surface area contributed by atoms with Crippen LogP contribution in [0.2, 0.25) is 0 Å². The van der Waals surface area contributed by atoms with E-state index in [0.29, 0.717) is 38.5 Å². The SMILES string of the molecule is CC(=O)OC1C(OC2OCC(O)C(O)C2O)C(OC2CCC3(C)C(CCC4(C)C3CC=C3C5CC(C)(C)CCC5(C(=O)OC5OC(CO)C(O)C(O)C5O)CCC34C)C2(C)C)OC(C(=O)O)C1OC1OCC(O)C(O)C1O. The fourth-order valence-corrected chi connectivity index (χ4v) is 16.2. The molecule has 0 radical (unpaired) electrons. The van der Waals surface area contributed by atoms with Gasteiger partial charge in [-0.2, -0.15) is 0 Å². The number of aliphatic hydroxyl groups is 10. The predicted octanol–water partition coefficient (Wildman–Crippen LogP) is -0.0940. The van der Waals surface area contributed by atoms with Crippen LogP contribution in [0, 0.1) is 50.2 Å². The number of carboxylic acid groups (broad SMARTS) is 1. The molecule has 8 fully saturated rings. The van der Waals surface area contributed by atoms with Gasteiger partial charge in [0.1, 0.15) is 67.1 Å². The monoisotopic (exact) mass is 1100 g/mol. The minimum absolute atomic E-state index is 0.0145. The van der Waals surface area contributed by atoms with E-state index in [0.717, 1.165) is 32.6 Å². The molecule has 0 amide bonds. The van der Waals surface area contributed by atoms with E-state index >= 15 is 0 Å². The Hall–Kier alpha value is -2.53. The van der Waals surface area contributed by atoms with E-state index in [2.05, 4.69) is 54.5 Å². The van der Waals surface area contributed by atoms with Gasteiger partial charge in [-0.25, -0.2) is 4.79 Å². The van der Waals surface area contributed by atoms with E-state index in [1.54, 1.807) is 0 Å². The predicted molar refractivity (Wildman–Crippen MR) is 261 cm³/mol. The minimum Gasteiger partial charge on any atom is -0.479 e. The maximum atomic E-state index is 14.8. The van der Waals surface area contributed by atoms with Crippen molar-refractivity contribution in [3.05, 3.63) is 11.6 Å². The second-order valence-corrected chi connectivity index (χ2v) is 26.0. The number of hydrogen-bond acceptors (Lipinski definition) is 22. The van der Waals surface area contributed by atoms with E-state index in [1.807, 2.05) is 0 Å². The zero-order chi connectivity index (χ0) is 56.3. The van der Waals surface area contributed by atoms with Gasteiger partial charge in [0, 0.05) is 6.92 Å². The van der Waals surface area contributed by atoms with Crippen LogP contribution in [-0.4, -0.2) is 211 Å². The molecule has 0 aromatic heterocycles. The summed E-state index contributed by atoms with van der Waals surface area (Å²) in [6.07, 6.45) is -22.2. The van der Waals surface area contributed by atoms with Crippen LogP contribution >= 0.6 is 0 Å². The summed E-state index contributed by atoms with van der Waals surface area (Å²) in [6, 6.07) is 0. The number of rotatable bonds is 11. The Labute approximate surface area is 448 Å². The topological polar surface area (TPSA) is 357 Å². The number of carbonyl (C=O) groups excluding carboxylic acids is 2. The highest BCUT2D eigenvalue weighted by molar-refractivity contribution is 5.79. The van der Waals surface area contributed by atoms with E-state index in [1.165, 1.54) is 5.57 Å². The molecule has 0 spiro atoms. The standard InChI is InChI=1S/C54H84O23/c1-23(56)71-40-39(74-44-36(63)32(59)26(57)21-69-44)41(43(66)67)75-47(42(40)76-45-37(64)33(60)27(58)22-70-45)73-31-12-13-51(6)29(50(31,4)5)11-14-53(8)30(51)10-9-24-25-19-49(2,3)15-17-54(25,18-16-52(24,53)7)48(68)77-46-38(65)35(62)34(61)28(20-55)72-46/h9,25-42,44-47,55,57-65H,10-22H2,1-8H3,(H,66,67). The third kappa shape index (κ3) is 9.92. The van der Waals surface area contributed by atoms with Crippen LogP contribution in [0.5, 0.6) is 0 Å². The maximum absolute atomic E-state index is 14.8. The molecule has 23 nitrogen and oxygen atoms in total. The first-order chi connectivity index (χ1) is 36.0. The molecule has 0 aromatic rings. The Bertz CT molecular complexity index is 2210. The number of carbonyl (C=O) groups is 3. The molecular formula is C54H84O23. The van der Waals surface area contributed by atoms with Crippen molar-refractivity contribution in [3.63, 3.8) is 0 Å². The quantitative estimate of drug-likeness (QED) is 0.0731. The van der Waals surface area contributed by atoms with Gasteiger partial charge in [0.2, 0.25) is 6.29 Å². The van der Waals surface area contributed by atoms with Crippen molar-refractivity contribution in [2.75, 3.05) is 19.8 Å². The molecule has 23 heteroatoms. The van der Waals surface area contributed by atoms with Gasteiger partial charge in [-0.3, -0.25) is 9.59 Å². The van der Waals surface area contributed by atoms with Gasteiger partial charge in [-0.1, -0.05) is 60.1 Å². The Morgan fingerprint density at radius 2 is 1.22 bits per heavy atom. The minimum atomic E-state index is -2.00. The van der Waals surface area contributed by atoms with Crippen molar-refractivity contribution in [1.82, 2.24) is 0 Å². The number of hydrogen-bond donors (Lipinski definition) is 11. The second kappa shape index (κ2) is 21.3. The number of ether oxygens (including phenoxy) is 9. The Morgan fingerprint density at radius 1 is 0.623 bits per heavy atom. The zero-order valence-electron chi connectivity index (χ0n) is 45.3. The van der Waals surface area contributed by atoms with Crippen molar-refractivity contribution in [1.29, 1.82) is 0 Å². The van der Waals surface area contributed by atoms with Gasteiger partial charge >= 0.3 is 17.9 Å². The highest BCUT2D eigenvalue weighted by atomic mass is 16.8. The van der Waals surface area contributed by atoms with E-state index in [4.69, 9.17) is 42.6 Å². The van der Waals surface area contributed by atoms with Crippen LogP contribution in [-0.2, 0) is 57.0 Å². The Kier molecular flexibility index (Phi) is 16.4.